The molecule has 2 aromatic heterocycles. The molecule has 126 valence electrons. The van der Waals surface area contributed by atoms with E-state index in [0.717, 1.165) is 21.0 Å². The fourth-order valence-electron chi connectivity index (χ4n) is 2.52. The molecule has 1 atom stereocenters. The van der Waals surface area contributed by atoms with Crippen molar-refractivity contribution in [2.75, 3.05) is 6.67 Å². The van der Waals surface area contributed by atoms with E-state index in [0.29, 0.717) is 23.2 Å². The van der Waals surface area contributed by atoms with E-state index in [4.69, 9.17) is 11.6 Å². The molecule has 3 N–H and O–H groups in total. The van der Waals surface area contributed by atoms with Crippen molar-refractivity contribution in [3.05, 3.63) is 69.9 Å². The number of nitrogens with one attached hydrogen (secondary N) is 2. The van der Waals surface area contributed by atoms with E-state index in [2.05, 4.69) is 25.8 Å². The van der Waals surface area contributed by atoms with E-state index < -0.39 is 6.10 Å². The third-order valence-corrected chi connectivity index (χ3v) is 5.14. The standard InChI is InChI=1S/C17H14ClN5OS/c18-12-3-1-10(2-4-12)14(24)13-15(16-20-9-21-23-16)25-17(22-13)11-5-7-19-8-6-11/h1-8,14,21,24H,9H2,(H,20,23)/t14-/m1/s1. The van der Waals surface area contributed by atoms with Gasteiger partial charge in [-0.05, 0) is 29.8 Å². The Hall–Kier alpha value is -2.32. The molecule has 1 aromatic carbocycles. The highest BCUT2D eigenvalue weighted by atomic mass is 35.5. The number of rotatable bonds is 4. The molecule has 0 bridgehead atoms. The molecule has 0 spiro atoms. The summed E-state index contributed by atoms with van der Waals surface area (Å²) >= 11 is 7.42. The van der Waals surface area contributed by atoms with Crippen LogP contribution in [0.25, 0.3) is 10.6 Å². The summed E-state index contributed by atoms with van der Waals surface area (Å²) in [7, 11) is 0. The number of pyridine rings is 1. The molecular formula is C17H14ClN5OS. The average molecular weight is 372 g/mol. The van der Waals surface area contributed by atoms with E-state index in [9.17, 15) is 5.11 Å². The van der Waals surface area contributed by atoms with Gasteiger partial charge in [0.1, 0.15) is 17.8 Å². The van der Waals surface area contributed by atoms with E-state index in [1.807, 2.05) is 12.1 Å². The second kappa shape index (κ2) is 6.89. The van der Waals surface area contributed by atoms with Gasteiger partial charge in [-0.2, -0.15) is 0 Å². The minimum Gasteiger partial charge on any atom is -0.382 e. The minimum absolute atomic E-state index is 0.480. The van der Waals surface area contributed by atoms with Gasteiger partial charge in [-0.1, -0.05) is 23.7 Å². The van der Waals surface area contributed by atoms with Crippen molar-refractivity contribution in [1.82, 2.24) is 20.8 Å². The molecule has 4 rings (SSSR count). The summed E-state index contributed by atoms with van der Waals surface area (Å²) in [5.41, 5.74) is 8.21. The number of aliphatic hydroxyl groups is 1. The van der Waals surface area contributed by atoms with Gasteiger partial charge >= 0.3 is 0 Å². The van der Waals surface area contributed by atoms with Crippen LogP contribution in [0.1, 0.15) is 22.2 Å². The maximum absolute atomic E-state index is 10.9. The first-order chi connectivity index (χ1) is 12.2. The van der Waals surface area contributed by atoms with E-state index in [1.54, 1.807) is 36.7 Å². The first kappa shape index (κ1) is 16.2. The van der Waals surface area contributed by atoms with Crippen molar-refractivity contribution in [2.45, 2.75) is 6.10 Å². The quantitative estimate of drug-likeness (QED) is 0.657. The van der Waals surface area contributed by atoms with Crippen LogP contribution in [0.4, 0.5) is 0 Å². The lowest BCUT2D eigenvalue weighted by Gasteiger charge is -2.11. The van der Waals surface area contributed by atoms with E-state index in [-0.39, 0.29) is 0 Å². The molecule has 0 saturated heterocycles. The highest BCUT2D eigenvalue weighted by molar-refractivity contribution is 7.17. The zero-order chi connectivity index (χ0) is 17.2. The van der Waals surface area contributed by atoms with Crippen LogP contribution in [-0.4, -0.2) is 27.6 Å². The number of nitrogens with zero attached hydrogens (tertiary/aromatic N) is 3. The molecular weight excluding hydrogens is 358 g/mol. The highest BCUT2D eigenvalue weighted by Gasteiger charge is 2.25. The largest absolute Gasteiger partial charge is 0.382 e. The number of aromatic nitrogens is 2. The Morgan fingerprint density at radius 3 is 2.56 bits per heavy atom. The smallest absolute Gasteiger partial charge is 0.156 e. The highest BCUT2D eigenvalue weighted by Crippen LogP contribution is 2.34. The molecule has 3 heterocycles. The molecule has 8 heteroatoms. The number of aliphatic imine (C=N–C) groups is 1. The summed E-state index contributed by atoms with van der Waals surface area (Å²) in [6.07, 6.45) is 2.57. The number of benzene rings is 1. The second-order valence-corrected chi connectivity index (χ2v) is 6.83. The Morgan fingerprint density at radius 2 is 1.88 bits per heavy atom. The summed E-state index contributed by atoms with van der Waals surface area (Å²) < 4.78 is 0. The Kier molecular flexibility index (Phi) is 4.46. The van der Waals surface area contributed by atoms with E-state index in [1.165, 1.54) is 11.3 Å². The molecule has 0 radical (unpaired) electrons. The predicted molar refractivity (Wildman–Crippen MR) is 98.5 cm³/mol. The minimum atomic E-state index is -0.871. The predicted octanol–water partition coefficient (Wildman–Crippen LogP) is 2.75. The lowest BCUT2D eigenvalue weighted by Crippen LogP contribution is -2.30. The molecule has 1 aliphatic rings. The number of amidine groups is 1. The first-order valence-corrected chi connectivity index (χ1v) is 8.80. The Morgan fingerprint density at radius 1 is 1.12 bits per heavy atom. The van der Waals surface area contributed by atoms with Gasteiger partial charge in [-0.15, -0.1) is 11.3 Å². The molecule has 0 aliphatic carbocycles. The molecule has 1 aliphatic heterocycles. The Bertz CT molecular complexity index is 911. The normalized spacial score (nSPS) is 14.9. The van der Waals surface area contributed by atoms with Crippen molar-refractivity contribution >= 4 is 28.8 Å². The fraction of sp³-hybridized carbons (Fsp3) is 0.118. The van der Waals surface area contributed by atoms with Gasteiger partial charge in [0.2, 0.25) is 0 Å². The van der Waals surface area contributed by atoms with Gasteiger partial charge in [-0.3, -0.25) is 4.98 Å². The molecule has 0 unspecified atom stereocenters. The van der Waals surface area contributed by atoms with Crippen molar-refractivity contribution in [1.29, 1.82) is 0 Å². The SMILES string of the molecule is O[C@H](c1ccc(Cl)cc1)c1nc(-c2ccncc2)sc1C1=NCNN1. The Labute approximate surface area is 153 Å². The monoisotopic (exact) mass is 371 g/mol. The van der Waals surface area contributed by atoms with Crippen LogP contribution in [-0.2, 0) is 0 Å². The van der Waals surface area contributed by atoms with Gasteiger partial charge in [0.25, 0.3) is 0 Å². The number of thiazole rings is 1. The average Bonchev–Trinajstić information content (AvgIpc) is 3.32. The fourth-order valence-corrected chi connectivity index (χ4v) is 3.71. The van der Waals surface area contributed by atoms with Crippen molar-refractivity contribution in [3.63, 3.8) is 0 Å². The Balaban J connectivity index is 1.79. The van der Waals surface area contributed by atoms with Crippen molar-refractivity contribution in [2.24, 2.45) is 4.99 Å². The molecule has 0 fully saturated rings. The van der Waals surface area contributed by atoms with Gasteiger partial charge in [-0.25, -0.2) is 15.4 Å². The van der Waals surface area contributed by atoms with Crippen molar-refractivity contribution < 1.29 is 5.11 Å². The van der Waals surface area contributed by atoms with Crippen LogP contribution in [0.3, 0.4) is 0 Å². The van der Waals surface area contributed by atoms with Crippen LogP contribution < -0.4 is 10.9 Å². The number of hydrazine groups is 1. The number of hydrogen-bond acceptors (Lipinski definition) is 7. The molecule has 25 heavy (non-hydrogen) atoms. The number of halogens is 1. The maximum atomic E-state index is 10.9. The van der Waals surface area contributed by atoms with Crippen molar-refractivity contribution in [3.8, 4) is 10.6 Å². The maximum Gasteiger partial charge on any atom is 0.156 e. The third kappa shape index (κ3) is 3.27. The summed E-state index contributed by atoms with van der Waals surface area (Å²) in [5, 5.41) is 12.3. The third-order valence-electron chi connectivity index (χ3n) is 3.76. The second-order valence-electron chi connectivity index (χ2n) is 5.39. The van der Waals surface area contributed by atoms with Gasteiger partial charge in [0.15, 0.2) is 5.84 Å². The summed E-state index contributed by atoms with van der Waals surface area (Å²) in [6.45, 7) is 0.480. The zero-order valence-corrected chi connectivity index (χ0v) is 14.6. The number of aliphatic hydroxyl groups excluding tert-OH is 1. The molecule has 3 aromatic rings. The zero-order valence-electron chi connectivity index (χ0n) is 13.0. The molecule has 0 saturated carbocycles. The lowest BCUT2D eigenvalue weighted by molar-refractivity contribution is 0.216. The summed E-state index contributed by atoms with van der Waals surface area (Å²) in [6, 6.07) is 10.9. The first-order valence-electron chi connectivity index (χ1n) is 7.61. The number of hydrogen-bond donors (Lipinski definition) is 3. The van der Waals surface area contributed by atoms with Crippen LogP contribution in [0.15, 0.2) is 53.8 Å². The van der Waals surface area contributed by atoms with E-state index >= 15 is 0 Å². The topological polar surface area (TPSA) is 82.4 Å². The van der Waals surface area contributed by atoms with Crippen LogP contribution in [0.5, 0.6) is 0 Å². The van der Waals surface area contributed by atoms with Crippen LogP contribution >= 0.6 is 22.9 Å². The van der Waals surface area contributed by atoms with Gasteiger partial charge in [0.05, 0.1) is 10.6 Å². The molecule has 6 nitrogen and oxygen atoms in total. The molecule has 0 amide bonds. The summed E-state index contributed by atoms with van der Waals surface area (Å²) in [5.74, 6) is 0.681. The summed E-state index contributed by atoms with van der Waals surface area (Å²) in [4.78, 5) is 13.9. The van der Waals surface area contributed by atoms with Gasteiger partial charge in [0, 0.05) is 23.0 Å². The van der Waals surface area contributed by atoms with Crippen LogP contribution in [0, 0.1) is 0 Å². The lowest BCUT2D eigenvalue weighted by atomic mass is 10.1. The van der Waals surface area contributed by atoms with Gasteiger partial charge < -0.3 is 10.5 Å². The van der Waals surface area contributed by atoms with Crippen LogP contribution in [0.2, 0.25) is 5.02 Å².